The second-order valence-corrected chi connectivity index (χ2v) is 8.30. The van der Waals surface area contributed by atoms with Crippen LogP contribution < -0.4 is 16.2 Å². The molecule has 1 aromatic heterocycles. The first kappa shape index (κ1) is 17.9. The summed E-state index contributed by atoms with van der Waals surface area (Å²) in [7, 11) is 0. The van der Waals surface area contributed by atoms with Gasteiger partial charge in [-0.3, -0.25) is 15.6 Å². The van der Waals surface area contributed by atoms with Gasteiger partial charge in [-0.25, -0.2) is 0 Å². The number of hydrogen-bond acceptors (Lipinski definition) is 3. The van der Waals surface area contributed by atoms with E-state index in [-0.39, 0.29) is 5.91 Å². The average molecular weight is 374 g/mol. The van der Waals surface area contributed by atoms with Crippen molar-refractivity contribution < 1.29 is 4.79 Å². The van der Waals surface area contributed by atoms with E-state index in [2.05, 4.69) is 29.2 Å². The molecule has 0 aliphatic heterocycles. The number of carbonyl (C=O) groups is 1. The van der Waals surface area contributed by atoms with Crippen molar-refractivity contribution in [1.82, 2.24) is 10.9 Å². The molecule has 25 heavy (non-hydrogen) atoms. The highest BCUT2D eigenvalue weighted by atomic mass is 32.1. The van der Waals surface area contributed by atoms with Crippen molar-refractivity contribution in [3.63, 3.8) is 0 Å². The fraction of sp³-hybridized carbons (Fsp3) is 0.368. The molecule has 4 nitrogen and oxygen atoms in total. The molecule has 0 unspecified atom stereocenters. The van der Waals surface area contributed by atoms with Crippen LogP contribution in [0.3, 0.4) is 0 Å². The first-order chi connectivity index (χ1) is 11.9. The van der Waals surface area contributed by atoms with Gasteiger partial charge in [0.15, 0.2) is 5.11 Å². The summed E-state index contributed by atoms with van der Waals surface area (Å²) in [5.74, 6) is 0.558. The lowest BCUT2D eigenvalue weighted by Crippen LogP contribution is -2.43. The normalized spacial score (nSPS) is 16.0. The minimum atomic E-state index is -0.142. The zero-order valence-corrected chi connectivity index (χ0v) is 16.4. The zero-order chi connectivity index (χ0) is 18.0. The van der Waals surface area contributed by atoms with Crippen LogP contribution in [0.5, 0.6) is 0 Å². The van der Waals surface area contributed by atoms with Crippen molar-refractivity contribution in [2.24, 2.45) is 5.92 Å². The number of benzene rings is 1. The van der Waals surface area contributed by atoms with E-state index in [4.69, 9.17) is 12.2 Å². The van der Waals surface area contributed by atoms with Crippen LogP contribution in [-0.4, -0.2) is 11.0 Å². The number of aryl methyl sites for hydroxylation is 3. The van der Waals surface area contributed by atoms with Gasteiger partial charge in [0.05, 0.1) is 4.88 Å². The van der Waals surface area contributed by atoms with Gasteiger partial charge in [-0.15, -0.1) is 11.3 Å². The molecule has 0 fully saturated rings. The van der Waals surface area contributed by atoms with Crippen LogP contribution in [0.1, 0.15) is 44.6 Å². The number of thiocarbonyl (C=S) groups is 1. The van der Waals surface area contributed by atoms with Crippen molar-refractivity contribution in [2.75, 3.05) is 5.32 Å². The number of thiophene rings is 1. The maximum Gasteiger partial charge on any atom is 0.279 e. The topological polar surface area (TPSA) is 53.2 Å². The number of hydrogen-bond donors (Lipinski definition) is 3. The molecule has 1 amide bonds. The number of hydrazine groups is 1. The molecule has 1 atom stereocenters. The maximum atomic E-state index is 12.4. The molecule has 2 aromatic rings. The van der Waals surface area contributed by atoms with E-state index in [0.717, 1.165) is 34.5 Å². The van der Waals surface area contributed by atoms with E-state index in [1.807, 2.05) is 32.0 Å². The van der Waals surface area contributed by atoms with E-state index in [1.54, 1.807) is 11.3 Å². The number of amides is 1. The third-order valence-electron chi connectivity index (χ3n) is 4.48. The lowest BCUT2D eigenvalue weighted by atomic mass is 9.90. The Kier molecular flexibility index (Phi) is 5.39. The van der Waals surface area contributed by atoms with Crippen LogP contribution in [-0.2, 0) is 12.8 Å². The summed E-state index contributed by atoms with van der Waals surface area (Å²) < 4.78 is 0. The van der Waals surface area contributed by atoms with Crippen molar-refractivity contribution >= 4 is 40.3 Å². The number of anilines is 1. The van der Waals surface area contributed by atoms with Gasteiger partial charge < -0.3 is 5.32 Å². The SMILES string of the molecule is Cc1ccc(C)c(NC(=S)NNC(=O)c2cc3c(s2)CC[C@@H](C)C3)c1. The summed E-state index contributed by atoms with van der Waals surface area (Å²) in [6.07, 6.45) is 3.35. The summed E-state index contributed by atoms with van der Waals surface area (Å²) in [6.45, 7) is 6.31. The zero-order valence-electron chi connectivity index (χ0n) is 14.7. The molecule has 0 saturated carbocycles. The van der Waals surface area contributed by atoms with Crippen LogP contribution in [0.4, 0.5) is 5.69 Å². The van der Waals surface area contributed by atoms with Crippen LogP contribution in [0, 0.1) is 19.8 Å². The van der Waals surface area contributed by atoms with Gasteiger partial charge in [-0.05, 0) is 80.1 Å². The molecular weight excluding hydrogens is 350 g/mol. The Bertz CT molecular complexity index is 813. The Morgan fingerprint density at radius 1 is 1.24 bits per heavy atom. The second-order valence-electron chi connectivity index (χ2n) is 6.76. The third-order valence-corrected chi connectivity index (χ3v) is 5.92. The largest absolute Gasteiger partial charge is 0.331 e. The fourth-order valence-corrected chi connectivity index (χ4v) is 4.28. The highest BCUT2D eigenvalue weighted by Crippen LogP contribution is 2.32. The van der Waals surface area contributed by atoms with Crippen molar-refractivity contribution in [3.8, 4) is 0 Å². The molecule has 3 rings (SSSR count). The lowest BCUT2D eigenvalue weighted by molar-refractivity contribution is 0.0948. The van der Waals surface area contributed by atoms with Crippen LogP contribution >= 0.6 is 23.6 Å². The summed E-state index contributed by atoms with van der Waals surface area (Å²) in [6, 6.07) is 8.14. The van der Waals surface area contributed by atoms with Crippen LogP contribution in [0.2, 0.25) is 0 Å². The predicted octanol–water partition coefficient (Wildman–Crippen LogP) is 4.12. The number of fused-ring (bicyclic) bond motifs is 1. The van der Waals surface area contributed by atoms with Gasteiger partial charge in [0.2, 0.25) is 0 Å². The maximum absolute atomic E-state index is 12.4. The number of carbonyl (C=O) groups excluding carboxylic acids is 1. The molecule has 1 aliphatic carbocycles. The molecule has 0 saturated heterocycles. The van der Waals surface area contributed by atoms with Gasteiger partial charge in [0, 0.05) is 10.6 Å². The van der Waals surface area contributed by atoms with Gasteiger partial charge in [0.25, 0.3) is 5.91 Å². The van der Waals surface area contributed by atoms with Crippen LogP contribution in [0.15, 0.2) is 24.3 Å². The summed E-state index contributed by atoms with van der Waals surface area (Å²) in [5, 5.41) is 3.49. The lowest BCUT2D eigenvalue weighted by Gasteiger charge is -2.16. The molecule has 0 radical (unpaired) electrons. The van der Waals surface area contributed by atoms with Crippen LogP contribution in [0.25, 0.3) is 0 Å². The molecule has 1 heterocycles. The monoisotopic (exact) mass is 373 g/mol. The number of nitrogens with one attached hydrogen (secondary N) is 3. The van der Waals surface area contributed by atoms with E-state index >= 15 is 0 Å². The van der Waals surface area contributed by atoms with Gasteiger partial charge in [-0.2, -0.15) is 0 Å². The first-order valence-electron chi connectivity index (χ1n) is 8.48. The van der Waals surface area contributed by atoms with Gasteiger partial charge in [-0.1, -0.05) is 19.1 Å². The summed E-state index contributed by atoms with van der Waals surface area (Å²) >= 11 is 6.87. The Morgan fingerprint density at radius 2 is 2.04 bits per heavy atom. The average Bonchev–Trinajstić information content (AvgIpc) is 2.99. The van der Waals surface area contributed by atoms with E-state index in [1.165, 1.54) is 16.9 Å². The Balaban J connectivity index is 1.57. The molecule has 1 aliphatic rings. The van der Waals surface area contributed by atoms with Crippen molar-refractivity contribution in [3.05, 3.63) is 50.7 Å². The minimum absolute atomic E-state index is 0.142. The standard InChI is InChI=1S/C19H23N3OS2/c1-11-5-7-16-14(8-11)10-17(25-16)18(23)21-22-19(24)20-15-9-12(2)4-6-13(15)3/h4,6,9-11H,5,7-8H2,1-3H3,(H,21,23)(H2,20,22,24)/t11-/m1/s1. The second kappa shape index (κ2) is 7.54. The third kappa shape index (κ3) is 4.38. The number of rotatable bonds is 2. The Morgan fingerprint density at radius 3 is 2.84 bits per heavy atom. The smallest absolute Gasteiger partial charge is 0.279 e. The highest BCUT2D eigenvalue weighted by Gasteiger charge is 2.20. The Labute approximate surface area is 158 Å². The molecule has 3 N–H and O–H groups in total. The van der Waals surface area contributed by atoms with Gasteiger partial charge >= 0.3 is 0 Å². The quantitative estimate of drug-likeness (QED) is 0.547. The molecule has 1 aromatic carbocycles. The Hall–Kier alpha value is -1.92. The highest BCUT2D eigenvalue weighted by molar-refractivity contribution is 7.80. The molecule has 0 spiro atoms. The van der Waals surface area contributed by atoms with Gasteiger partial charge in [0.1, 0.15) is 0 Å². The summed E-state index contributed by atoms with van der Waals surface area (Å²) in [5.41, 5.74) is 9.99. The molecule has 132 valence electrons. The predicted molar refractivity (Wildman–Crippen MR) is 108 cm³/mol. The van der Waals surface area contributed by atoms with E-state index in [9.17, 15) is 4.79 Å². The molecule has 0 bridgehead atoms. The minimum Gasteiger partial charge on any atom is -0.331 e. The first-order valence-corrected chi connectivity index (χ1v) is 9.71. The van der Waals surface area contributed by atoms with E-state index < -0.39 is 0 Å². The summed E-state index contributed by atoms with van der Waals surface area (Å²) in [4.78, 5) is 14.5. The molecule has 6 heteroatoms. The van der Waals surface area contributed by atoms with Crippen molar-refractivity contribution in [1.29, 1.82) is 0 Å². The van der Waals surface area contributed by atoms with Crippen molar-refractivity contribution in [2.45, 2.75) is 40.0 Å². The molecular formula is C19H23N3OS2. The van der Waals surface area contributed by atoms with E-state index in [0.29, 0.717) is 11.0 Å². The fourth-order valence-electron chi connectivity index (χ4n) is 3.02.